The van der Waals surface area contributed by atoms with Gasteiger partial charge in [0.05, 0.1) is 4.92 Å². The first-order chi connectivity index (χ1) is 24.9. The number of amides is 3. The van der Waals surface area contributed by atoms with Gasteiger partial charge in [0.25, 0.3) is 6.20 Å². The lowest BCUT2D eigenvalue weighted by atomic mass is 9.91. The monoisotopic (exact) mass is 748 g/mol. The van der Waals surface area contributed by atoms with E-state index in [0.29, 0.717) is 38.7 Å². The lowest BCUT2D eigenvalue weighted by Gasteiger charge is -2.25. The number of anilines is 2. The molecule has 3 amide bonds. The van der Waals surface area contributed by atoms with Crippen molar-refractivity contribution in [3.05, 3.63) is 116 Å². The summed E-state index contributed by atoms with van der Waals surface area (Å²) in [5.74, 6) is -4.21. The Balaban J connectivity index is 1.53. The Morgan fingerprint density at radius 1 is 0.906 bits per heavy atom. The average Bonchev–Trinajstić information content (AvgIpc) is 3.44. The van der Waals surface area contributed by atoms with Crippen molar-refractivity contribution in [3.8, 4) is 0 Å². The summed E-state index contributed by atoms with van der Waals surface area (Å²) in [5.41, 5.74) is 2.49. The van der Waals surface area contributed by atoms with Crippen LogP contribution in [-0.2, 0) is 43.4 Å². The van der Waals surface area contributed by atoms with Gasteiger partial charge in [-0.15, -0.1) is 0 Å². The van der Waals surface area contributed by atoms with Crippen molar-refractivity contribution in [2.75, 3.05) is 10.6 Å². The van der Waals surface area contributed by atoms with Crippen LogP contribution in [-0.4, -0.2) is 61.8 Å². The summed E-state index contributed by atoms with van der Waals surface area (Å²) in [7, 11) is 0. The molecule has 0 aromatic heterocycles. The number of carboxylic acids is 2. The highest BCUT2D eigenvalue weighted by molar-refractivity contribution is 6.30. The van der Waals surface area contributed by atoms with Crippen molar-refractivity contribution >= 4 is 52.6 Å². The number of halogens is 1. The highest BCUT2D eigenvalue weighted by atomic mass is 35.5. The summed E-state index contributed by atoms with van der Waals surface area (Å²) >= 11 is 5.94. The van der Waals surface area contributed by atoms with Crippen LogP contribution in [0.2, 0.25) is 5.02 Å². The second-order valence-electron chi connectivity index (χ2n) is 13.8. The van der Waals surface area contributed by atoms with Crippen molar-refractivity contribution < 1.29 is 39.1 Å². The zero-order valence-electron chi connectivity index (χ0n) is 29.5. The fourth-order valence-electron chi connectivity index (χ4n) is 5.92. The van der Waals surface area contributed by atoms with Gasteiger partial charge in [-0.2, -0.15) is 0 Å². The molecule has 0 aliphatic carbocycles. The third-order valence-electron chi connectivity index (χ3n) is 8.28. The molecule has 3 unspecified atom stereocenters. The largest absolute Gasteiger partial charge is 0.480 e. The number of benzene rings is 3. The van der Waals surface area contributed by atoms with Crippen LogP contribution < -0.4 is 21.3 Å². The predicted molar refractivity (Wildman–Crippen MR) is 196 cm³/mol. The Labute approximate surface area is 310 Å². The van der Waals surface area contributed by atoms with Gasteiger partial charge in [-0.1, -0.05) is 62.7 Å². The van der Waals surface area contributed by atoms with E-state index in [1.807, 2.05) is 20.8 Å². The number of rotatable bonds is 15. The lowest BCUT2D eigenvalue weighted by molar-refractivity contribution is -0.403. The lowest BCUT2D eigenvalue weighted by Crippen LogP contribution is -2.47. The van der Waals surface area contributed by atoms with Crippen molar-refractivity contribution in [2.45, 2.75) is 71.6 Å². The Morgan fingerprint density at radius 3 is 1.98 bits per heavy atom. The molecule has 0 radical (unpaired) electrons. The Hall–Kier alpha value is -5.96. The topological polar surface area (TPSA) is 220 Å². The molecule has 15 nitrogen and oxygen atoms in total. The van der Waals surface area contributed by atoms with Gasteiger partial charge in [-0.05, 0) is 64.1 Å². The standard InChI is InChI=1S/C37H41ClN6O9/c1-21(45)43-19-24-15-27(40-31(20-44(52)53)39-26-11-9-25(38)10-12-26)13-14-28(24)33(43)34(47)42-30(36(50)51)17-23-8-6-5-7-22(23)16-29(35(48)49)41-32(46)18-37(2,3)4/h5-15,20,29-30,33,39-40H,16-19H2,1-4H3,(H,41,46)(H,42,47)(H,48,49)(H,50,51). The number of nitro groups is 1. The van der Waals surface area contributed by atoms with E-state index in [1.54, 1.807) is 66.7 Å². The number of hydrogen-bond donors (Lipinski definition) is 6. The summed E-state index contributed by atoms with van der Waals surface area (Å²) < 4.78 is 0. The zero-order valence-corrected chi connectivity index (χ0v) is 30.3. The van der Waals surface area contributed by atoms with Crippen LogP contribution in [0.25, 0.3) is 0 Å². The van der Waals surface area contributed by atoms with E-state index in [9.17, 15) is 44.3 Å². The van der Waals surface area contributed by atoms with Crippen molar-refractivity contribution in [3.63, 3.8) is 0 Å². The molecule has 1 heterocycles. The van der Waals surface area contributed by atoms with Gasteiger partial charge in [-0.3, -0.25) is 24.5 Å². The van der Waals surface area contributed by atoms with Crippen molar-refractivity contribution in [1.29, 1.82) is 0 Å². The van der Waals surface area contributed by atoms with E-state index in [1.165, 1.54) is 11.8 Å². The fourth-order valence-corrected chi connectivity index (χ4v) is 6.05. The molecule has 0 bridgehead atoms. The fraction of sp³-hybridized carbons (Fsp3) is 0.324. The molecule has 53 heavy (non-hydrogen) atoms. The highest BCUT2D eigenvalue weighted by Gasteiger charge is 2.39. The van der Waals surface area contributed by atoms with Gasteiger partial charge in [0.15, 0.2) is 5.82 Å². The van der Waals surface area contributed by atoms with Crippen LogP contribution in [0.5, 0.6) is 0 Å². The number of aliphatic carboxylic acids is 2. The van der Waals surface area contributed by atoms with Crippen LogP contribution in [0.4, 0.5) is 11.4 Å². The zero-order chi connectivity index (χ0) is 39.0. The van der Waals surface area contributed by atoms with Crippen molar-refractivity contribution in [2.24, 2.45) is 5.41 Å². The quantitative estimate of drug-likeness (QED) is 0.0924. The minimum atomic E-state index is -1.46. The summed E-state index contributed by atoms with van der Waals surface area (Å²) in [6.45, 7) is 6.84. The molecule has 0 spiro atoms. The minimum Gasteiger partial charge on any atom is -0.480 e. The van der Waals surface area contributed by atoms with E-state index < -0.39 is 52.7 Å². The second kappa shape index (κ2) is 17.0. The molecule has 0 saturated heterocycles. The predicted octanol–water partition coefficient (Wildman–Crippen LogP) is 4.70. The SMILES string of the molecule is CC(=O)N1Cc2cc(NC(=C[N+](=O)[O-])Nc3ccc(Cl)cc3)ccc2C1C(=O)NC(Cc1ccccc1CC(NC(=O)CC(C)(C)C)C(=O)O)C(=O)O. The number of hydrogen-bond acceptors (Lipinski definition) is 9. The first kappa shape index (κ1) is 39.8. The van der Waals surface area contributed by atoms with Crippen molar-refractivity contribution in [1.82, 2.24) is 15.5 Å². The number of carbonyl (C=O) groups is 5. The maximum atomic E-state index is 13.8. The number of nitrogens with zero attached hydrogens (tertiary/aromatic N) is 2. The first-order valence-electron chi connectivity index (χ1n) is 16.6. The molecule has 1 aliphatic heterocycles. The number of carbonyl (C=O) groups excluding carboxylic acids is 3. The normalized spacial score (nSPS) is 15.1. The summed E-state index contributed by atoms with van der Waals surface area (Å²) in [4.78, 5) is 75.7. The number of fused-ring (bicyclic) bond motifs is 1. The Kier molecular flexibility index (Phi) is 12.8. The molecule has 3 aromatic carbocycles. The third-order valence-corrected chi connectivity index (χ3v) is 8.54. The Morgan fingerprint density at radius 2 is 1.45 bits per heavy atom. The van der Waals surface area contributed by atoms with Crippen LogP contribution in [0.15, 0.2) is 78.8 Å². The minimum absolute atomic E-state index is 0.00918. The van der Waals surface area contributed by atoms with Crippen LogP contribution in [0.3, 0.4) is 0 Å². The highest BCUT2D eigenvalue weighted by Crippen LogP contribution is 2.36. The smallest absolute Gasteiger partial charge is 0.326 e. The van der Waals surface area contributed by atoms with E-state index in [2.05, 4.69) is 21.3 Å². The van der Waals surface area contributed by atoms with Gasteiger partial charge in [0.1, 0.15) is 18.1 Å². The number of nitrogens with one attached hydrogen (secondary N) is 4. The van der Waals surface area contributed by atoms with Gasteiger partial charge in [0.2, 0.25) is 17.7 Å². The summed E-state index contributed by atoms with van der Waals surface area (Å²) in [5, 5.41) is 42.8. The van der Waals surface area contributed by atoms with Gasteiger partial charge < -0.3 is 36.4 Å². The molecular weight excluding hydrogens is 708 g/mol. The first-order valence-corrected chi connectivity index (χ1v) is 16.9. The number of carboxylic acid groups (broad SMARTS) is 2. The van der Waals surface area contributed by atoms with Crippen LogP contribution in [0.1, 0.15) is 62.4 Å². The molecule has 280 valence electrons. The van der Waals surface area contributed by atoms with E-state index in [-0.39, 0.29) is 37.0 Å². The second-order valence-corrected chi connectivity index (χ2v) is 14.3. The molecule has 1 aliphatic rings. The molecule has 0 fully saturated rings. The molecule has 16 heteroatoms. The summed E-state index contributed by atoms with van der Waals surface area (Å²) in [6.07, 6.45) is 0.509. The summed E-state index contributed by atoms with van der Waals surface area (Å²) in [6, 6.07) is 14.0. The maximum absolute atomic E-state index is 13.8. The molecule has 3 aromatic rings. The van der Waals surface area contributed by atoms with Crippen LogP contribution >= 0.6 is 11.6 Å². The molecule has 6 N–H and O–H groups in total. The molecule has 4 rings (SSSR count). The van der Waals surface area contributed by atoms with E-state index >= 15 is 0 Å². The molecule has 3 atom stereocenters. The van der Waals surface area contributed by atoms with Crippen LogP contribution in [0, 0.1) is 15.5 Å². The van der Waals surface area contributed by atoms with Gasteiger partial charge in [-0.25, -0.2) is 9.59 Å². The van der Waals surface area contributed by atoms with E-state index in [0.717, 1.165) is 6.20 Å². The van der Waals surface area contributed by atoms with Gasteiger partial charge >= 0.3 is 11.9 Å². The maximum Gasteiger partial charge on any atom is 0.326 e. The average molecular weight is 749 g/mol. The third kappa shape index (κ3) is 11.3. The van der Waals surface area contributed by atoms with Gasteiger partial charge in [0, 0.05) is 49.1 Å². The Bertz CT molecular complexity index is 1930. The van der Waals surface area contributed by atoms with E-state index in [4.69, 9.17) is 11.6 Å². The molecule has 0 saturated carbocycles. The molecular formula is C37H41ClN6O9.